The topological polar surface area (TPSA) is 29.2 Å². The van der Waals surface area contributed by atoms with Crippen LogP contribution in [0.25, 0.3) is 0 Å². The van der Waals surface area contributed by atoms with Gasteiger partial charge in [0.15, 0.2) is 0 Å². The van der Waals surface area contributed by atoms with Crippen molar-refractivity contribution in [3.63, 3.8) is 0 Å². The molecule has 0 radical (unpaired) electrons. The Morgan fingerprint density at radius 2 is 0.333 bits per heavy atom. The van der Waals surface area contributed by atoms with Crippen LogP contribution >= 0.6 is 0 Å². The highest BCUT2D eigenvalue weighted by molar-refractivity contribution is 4.95. The normalized spacial score (nSPS) is 22.4. The highest BCUT2D eigenvalue weighted by Crippen LogP contribution is 2.47. The molecule has 9 nitrogen and oxygen atoms in total. The van der Waals surface area contributed by atoms with Crippen molar-refractivity contribution >= 4 is 0 Å². The van der Waals surface area contributed by atoms with Crippen LogP contribution in [0.1, 0.15) is 432 Å². The summed E-state index contributed by atoms with van der Waals surface area (Å²) in [6, 6.07) is 0. The summed E-state index contributed by atoms with van der Waals surface area (Å²) in [5, 5.41) is 0. The first-order valence-electron chi connectivity index (χ1n) is 47.7. The van der Waals surface area contributed by atoms with Crippen LogP contribution in [0.15, 0.2) is 0 Å². The van der Waals surface area contributed by atoms with E-state index in [9.17, 15) is 0 Å². The van der Waals surface area contributed by atoms with Crippen molar-refractivity contribution in [2.24, 2.45) is 69.0 Å². The molecular weight excluding hydrogens is 1350 g/mol. The van der Waals surface area contributed by atoms with Crippen molar-refractivity contribution in [1.82, 2.24) is 44.1 Å². The summed E-state index contributed by atoms with van der Waals surface area (Å²) in [6.45, 7) is 147. The Balaban J connectivity index is -0.000000276. The lowest BCUT2D eigenvalue weighted by Gasteiger charge is -2.50. The highest BCUT2D eigenvalue weighted by Gasteiger charge is 2.43. The largest absolute Gasteiger partial charge is 0.298 e. The number of nitrogens with zero attached hydrogens (tertiary/aromatic N) is 9. The van der Waals surface area contributed by atoms with Crippen molar-refractivity contribution in [3.05, 3.63) is 0 Å². The predicted molar refractivity (Wildman–Crippen MR) is 515 cm³/mol. The van der Waals surface area contributed by atoms with Gasteiger partial charge in [0.2, 0.25) is 0 Å². The molecule has 9 rings (SSSR count). The molecule has 0 amide bonds. The third kappa shape index (κ3) is 51.8. The molecule has 9 saturated heterocycles. The Kier molecular flexibility index (Phi) is 59.2. The Hall–Kier alpha value is -0.360. The second kappa shape index (κ2) is 54.1. The Morgan fingerprint density at radius 1 is 0.189 bits per heavy atom. The van der Waals surface area contributed by atoms with Gasteiger partial charge in [-0.25, -0.2) is 0 Å². The SMILES string of the molecule is CC.CC.CC.CC.CC.CC.CC(C)(C)C1CCN(C(C)(C)C)CC1.CC(C)(C)C1CCN(C(C)(C)C)CC1.CC(C)(C)N1CCC(C)(C(C)(C)C)CC1.CC1CN(C(C)(C)C)C1.CC1CN(C(C)(C)C)C1.CC1CN(C(C)(C)C)C1.CC1CN(C(C)(C)C)C1.C[C@@H]1CCN(C(C)(C)C)C1.C[C@H]1CCN(C(C)(C)C)C1. The van der Waals surface area contributed by atoms with Crippen LogP contribution < -0.4 is 0 Å². The van der Waals surface area contributed by atoms with Crippen LogP contribution in [0.2, 0.25) is 0 Å². The van der Waals surface area contributed by atoms with Gasteiger partial charge in [-0.3, -0.25) is 44.1 Å². The average molecular weight is 1580 g/mol. The predicted octanol–water partition coefficient (Wildman–Crippen LogP) is 28.4. The zero-order valence-electron chi connectivity index (χ0n) is 88.5. The van der Waals surface area contributed by atoms with E-state index in [4.69, 9.17) is 0 Å². The Morgan fingerprint density at radius 3 is 0.432 bits per heavy atom. The van der Waals surface area contributed by atoms with Gasteiger partial charge in [-0.15, -0.1) is 0 Å². The molecular formula is C102H225N9. The lowest BCUT2D eigenvalue weighted by Crippen LogP contribution is -2.54. The van der Waals surface area contributed by atoms with Crippen molar-refractivity contribution in [1.29, 1.82) is 0 Å². The molecule has 9 heterocycles. The zero-order chi connectivity index (χ0) is 89.7. The number of piperidine rings is 3. The molecule has 2 atom stereocenters. The van der Waals surface area contributed by atoms with E-state index < -0.39 is 0 Å². The number of hydrogen-bond acceptors (Lipinski definition) is 9. The fourth-order valence-electron chi connectivity index (χ4n) is 15.3. The molecule has 0 N–H and O–H groups in total. The van der Waals surface area contributed by atoms with Gasteiger partial charge >= 0.3 is 0 Å². The molecule has 9 heteroatoms. The van der Waals surface area contributed by atoms with Gasteiger partial charge in [-0.05, 0) is 360 Å². The summed E-state index contributed by atoms with van der Waals surface area (Å²) in [6.07, 6.45) is 11.0. The van der Waals surface area contributed by atoms with Crippen LogP contribution in [0, 0.1) is 69.0 Å². The van der Waals surface area contributed by atoms with Crippen LogP contribution in [-0.4, -0.2) is 212 Å². The van der Waals surface area contributed by atoms with Gasteiger partial charge in [-0.2, -0.15) is 0 Å². The van der Waals surface area contributed by atoms with Crippen molar-refractivity contribution in [3.8, 4) is 0 Å². The number of likely N-dealkylation sites (tertiary alicyclic amines) is 9. The van der Waals surface area contributed by atoms with Crippen molar-refractivity contribution in [2.45, 2.75) is 482 Å². The van der Waals surface area contributed by atoms with E-state index in [0.29, 0.717) is 71.5 Å². The maximum Gasteiger partial charge on any atom is 0.0125 e. The molecule has 0 aromatic rings. The molecule has 678 valence electrons. The minimum Gasteiger partial charge on any atom is -0.298 e. The van der Waals surface area contributed by atoms with E-state index in [1.165, 1.54) is 169 Å². The first-order valence-corrected chi connectivity index (χ1v) is 47.7. The lowest BCUT2D eigenvalue weighted by atomic mass is 9.62. The Bertz CT molecular complexity index is 1910. The molecule has 0 saturated carbocycles. The molecule has 0 aromatic heterocycles. The van der Waals surface area contributed by atoms with E-state index in [2.05, 4.69) is 342 Å². The summed E-state index contributed by atoms with van der Waals surface area (Å²) >= 11 is 0. The van der Waals surface area contributed by atoms with Gasteiger partial charge in [0, 0.05) is 115 Å². The molecule has 0 bridgehead atoms. The lowest BCUT2D eigenvalue weighted by molar-refractivity contribution is -0.00902. The molecule has 0 unspecified atom stereocenters. The van der Waals surface area contributed by atoms with Crippen molar-refractivity contribution in [2.75, 3.05) is 118 Å². The first kappa shape index (κ1) is 121. The molecule has 9 aliphatic heterocycles. The standard InChI is InChI=1S/C14H29N.2C13H27N.2C9H19N.4C8H17N.6C2H6/c1-12(2,3)14(7)8-10-15(11-9-14)13(4,5)6;2*1-12(2,3)11-7-9-14(10-8-11)13(4,5)6;2*1-8-5-6-10(7-8)9(2,3)4;4*1-7-5-9(6-7)8(2,3)4;6*1-2/h8-11H2,1-7H3;2*11H,7-10H2,1-6H3;2*8H,5-7H2,1-4H3;4*7H,5-6H2,1-4H3;6*1-2H3/t;;;2*8-;;;;;;;;;;/m...10........../s1. The quantitative estimate of drug-likeness (QED) is 0.235. The third-order valence-corrected chi connectivity index (χ3v) is 24.8. The maximum absolute atomic E-state index is 2.63. The minimum atomic E-state index is 0.346. The van der Waals surface area contributed by atoms with E-state index in [-0.39, 0.29) is 0 Å². The van der Waals surface area contributed by atoms with Gasteiger partial charge in [0.05, 0.1) is 0 Å². The van der Waals surface area contributed by atoms with Crippen LogP contribution in [0.3, 0.4) is 0 Å². The summed E-state index contributed by atoms with van der Waals surface area (Å²) in [5.41, 5.74) is 5.47. The van der Waals surface area contributed by atoms with Gasteiger partial charge < -0.3 is 0 Å². The monoisotopic (exact) mass is 1580 g/mol. The van der Waals surface area contributed by atoms with E-state index in [1.54, 1.807) is 0 Å². The Labute approximate surface area is 708 Å². The van der Waals surface area contributed by atoms with E-state index >= 15 is 0 Å². The van der Waals surface area contributed by atoms with Crippen LogP contribution in [0.4, 0.5) is 0 Å². The van der Waals surface area contributed by atoms with Crippen molar-refractivity contribution < 1.29 is 0 Å². The summed E-state index contributed by atoms with van der Waals surface area (Å²) in [4.78, 5) is 23.0. The number of hydrogen-bond donors (Lipinski definition) is 0. The molecule has 0 spiro atoms. The second-order valence-electron chi connectivity index (χ2n) is 46.8. The fraction of sp³-hybridized carbons (Fsp3) is 1.00. The molecule has 111 heavy (non-hydrogen) atoms. The van der Waals surface area contributed by atoms with Gasteiger partial charge in [0.1, 0.15) is 0 Å². The third-order valence-electron chi connectivity index (χ3n) is 24.8. The molecule has 9 aliphatic rings. The summed E-state index contributed by atoms with van der Waals surface area (Å²) in [5.74, 6) is 7.41. The first-order chi connectivity index (χ1) is 50.0. The fourth-order valence-corrected chi connectivity index (χ4v) is 15.3. The number of rotatable bonds is 0. The molecule has 9 fully saturated rings. The minimum absolute atomic E-state index is 0.346. The maximum atomic E-state index is 2.63. The summed E-state index contributed by atoms with van der Waals surface area (Å²) < 4.78 is 0. The van der Waals surface area contributed by atoms with Gasteiger partial charge in [0.25, 0.3) is 0 Å². The van der Waals surface area contributed by atoms with Crippen LogP contribution in [-0.2, 0) is 0 Å². The van der Waals surface area contributed by atoms with Gasteiger partial charge in [-0.1, -0.05) is 194 Å². The smallest absolute Gasteiger partial charge is 0.0125 e. The molecule has 0 aliphatic carbocycles. The molecule has 0 aromatic carbocycles. The highest BCUT2D eigenvalue weighted by atomic mass is 15.3. The van der Waals surface area contributed by atoms with E-state index in [0.717, 1.165) is 47.3 Å². The average Bonchev–Trinajstić information content (AvgIpc) is 1.50. The van der Waals surface area contributed by atoms with E-state index in [1.807, 2.05) is 83.1 Å². The van der Waals surface area contributed by atoms with Crippen LogP contribution in [0.5, 0.6) is 0 Å². The second-order valence-corrected chi connectivity index (χ2v) is 46.8. The summed E-state index contributed by atoms with van der Waals surface area (Å²) in [7, 11) is 0. The zero-order valence-corrected chi connectivity index (χ0v) is 88.5.